The first-order valence-electron chi connectivity index (χ1n) is 3.01. The van der Waals surface area contributed by atoms with Crippen molar-refractivity contribution in [2.45, 2.75) is 13.5 Å². The number of hydrogen-bond acceptors (Lipinski definition) is 4. The van der Waals surface area contributed by atoms with Crippen LogP contribution in [0.3, 0.4) is 0 Å². The molecule has 1 aromatic heterocycles. The third-order valence-electron chi connectivity index (χ3n) is 1.13. The molecule has 1 rings (SSSR count). The summed E-state index contributed by atoms with van der Waals surface area (Å²) in [4.78, 5) is 3.67. The van der Waals surface area contributed by atoms with Gasteiger partial charge < -0.3 is 13.3 Å². The number of rotatable bonds is 3. The minimum Gasteiger partial charge on any atom is -0.740 e. The fourth-order valence-corrected chi connectivity index (χ4v) is 0.851. The van der Waals surface area contributed by atoms with Crippen LogP contribution in [0.1, 0.15) is 6.92 Å². The van der Waals surface area contributed by atoms with Crippen molar-refractivity contribution < 1.29 is 12.9 Å². The van der Waals surface area contributed by atoms with Crippen LogP contribution in [0.25, 0.3) is 0 Å². The van der Waals surface area contributed by atoms with E-state index >= 15 is 0 Å². The van der Waals surface area contributed by atoms with Crippen LogP contribution in [0.15, 0.2) is 12.5 Å². The van der Waals surface area contributed by atoms with E-state index in [9.17, 15) is 8.76 Å². The van der Waals surface area contributed by atoms with E-state index in [-0.39, 0.29) is 5.88 Å². The Bertz CT molecular complexity index is 260. The van der Waals surface area contributed by atoms with E-state index in [1.54, 1.807) is 4.57 Å². The fraction of sp³-hybridized carbons (Fsp3) is 0.400. The number of imidazole rings is 1. The van der Waals surface area contributed by atoms with Crippen molar-refractivity contribution in [1.82, 2.24) is 9.55 Å². The molecular formula is C5H7N2O3S-. The molecule has 0 fully saturated rings. The van der Waals surface area contributed by atoms with E-state index in [0.717, 1.165) is 6.54 Å². The summed E-state index contributed by atoms with van der Waals surface area (Å²) in [5.74, 6) is 0.0974. The molecular weight excluding hydrogens is 168 g/mol. The molecule has 0 spiro atoms. The van der Waals surface area contributed by atoms with Gasteiger partial charge in [-0.15, -0.1) is 0 Å². The highest BCUT2D eigenvalue weighted by molar-refractivity contribution is 7.74. The second-order valence-corrected chi connectivity index (χ2v) is 2.40. The number of aromatic nitrogens is 2. The minimum absolute atomic E-state index is 0.0974. The smallest absolute Gasteiger partial charge is 0.247 e. The zero-order chi connectivity index (χ0) is 8.27. The molecule has 5 nitrogen and oxygen atoms in total. The molecule has 11 heavy (non-hydrogen) atoms. The SMILES string of the molecule is CCn1cnc(OS(=O)[O-])c1. The maximum atomic E-state index is 9.99. The molecule has 0 aromatic carbocycles. The molecule has 0 bridgehead atoms. The Morgan fingerprint density at radius 3 is 3.09 bits per heavy atom. The van der Waals surface area contributed by atoms with Gasteiger partial charge >= 0.3 is 0 Å². The van der Waals surface area contributed by atoms with E-state index in [2.05, 4.69) is 9.17 Å². The third kappa shape index (κ3) is 2.32. The van der Waals surface area contributed by atoms with E-state index in [1.165, 1.54) is 12.5 Å². The van der Waals surface area contributed by atoms with Crippen molar-refractivity contribution in [2.75, 3.05) is 0 Å². The molecule has 0 amide bonds. The Morgan fingerprint density at radius 2 is 2.64 bits per heavy atom. The molecule has 0 aliphatic heterocycles. The van der Waals surface area contributed by atoms with Gasteiger partial charge in [-0.2, -0.15) is 0 Å². The van der Waals surface area contributed by atoms with Gasteiger partial charge in [0.2, 0.25) is 5.88 Å². The molecule has 0 aliphatic carbocycles. The average Bonchev–Trinajstić information content (AvgIpc) is 2.34. The number of nitrogens with zero attached hydrogens (tertiary/aromatic N) is 2. The maximum absolute atomic E-state index is 9.99. The molecule has 62 valence electrons. The minimum atomic E-state index is -2.53. The maximum Gasteiger partial charge on any atom is 0.247 e. The first kappa shape index (κ1) is 8.22. The highest BCUT2D eigenvalue weighted by Gasteiger charge is 1.96. The van der Waals surface area contributed by atoms with Crippen LogP contribution in [0.4, 0.5) is 0 Å². The molecule has 0 radical (unpaired) electrons. The third-order valence-corrected chi connectivity index (χ3v) is 1.43. The van der Waals surface area contributed by atoms with E-state index < -0.39 is 11.4 Å². The zero-order valence-electron chi connectivity index (χ0n) is 5.89. The Balaban J connectivity index is 2.65. The van der Waals surface area contributed by atoms with Crippen LogP contribution in [0, 0.1) is 0 Å². The van der Waals surface area contributed by atoms with Crippen molar-refractivity contribution in [3.63, 3.8) is 0 Å². The van der Waals surface area contributed by atoms with Gasteiger partial charge in [-0.3, -0.25) is 0 Å². The fourth-order valence-electron chi connectivity index (χ4n) is 0.625. The standard InChI is InChI=1S/C5H8N2O3S/c1-2-7-3-5(6-4-7)10-11(8)9/h3-4H,2H2,1H3,(H,8,9)/p-1. The van der Waals surface area contributed by atoms with E-state index in [4.69, 9.17) is 0 Å². The van der Waals surface area contributed by atoms with Crippen LogP contribution >= 0.6 is 0 Å². The summed E-state index contributed by atoms with van der Waals surface area (Å²) in [5, 5.41) is 0. The highest BCUT2D eigenvalue weighted by Crippen LogP contribution is 2.05. The van der Waals surface area contributed by atoms with E-state index in [0.29, 0.717) is 0 Å². The van der Waals surface area contributed by atoms with Gasteiger partial charge in [-0.1, -0.05) is 0 Å². The summed E-state index contributed by atoms with van der Waals surface area (Å²) in [6.45, 7) is 2.65. The van der Waals surface area contributed by atoms with Crippen LogP contribution in [-0.2, 0) is 17.9 Å². The van der Waals surface area contributed by atoms with Crippen LogP contribution in [-0.4, -0.2) is 18.3 Å². The van der Waals surface area contributed by atoms with Crippen LogP contribution in [0.2, 0.25) is 0 Å². The Labute approximate surface area is 66.5 Å². The first-order chi connectivity index (χ1) is 5.22. The summed E-state index contributed by atoms with van der Waals surface area (Å²) < 4.78 is 26.0. The lowest BCUT2D eigenvalue weighted by atomic mass is 10.7. The van der Waals surface area contributed by atoms with Gasteiger partial charge in [0.1, 0.15) is 11.4 Å². The lowest BCUT2D eigenvalue weighted by Crippen LogP contribution is -1.97. The monoisotopic (exact) mass is 175 g/mol. The summed E-state index contributed by atoms with van der Waals surface area (Å²) in [7, 11) is 0. The lowest BCUT2D eigenvalue weighted by Gasteiger charge is -2.01. The van der Waals surface area contributed by atoms with Crippen molar-refractivity contribution in [3.8, 4) is 5.88 Å². The zero-order valence-corrected chi connectivity index (χ0v) is 6.71. The van der Waals surface area contributed by atoms with Gasteiger partial charge in [0, 0.05) is 6.54 Å². The largest absolute Gasteiger partial charge is 0.740 e. The number of aryl methyl sites for hydroxylation is 1. The molecule has 0 N–H and O–H groups in total. The van der Waals surface area contributed by atoms with Crippen molar-refractivity contribution >= 4 is 11.4 Å². The van der Waals surface area contributed by atoms with Crippen molar-refractivity contribution in [3.05, 3.63) is 12.5 Å². The summed E-state index contributed by atoms with van der Waals surface area (Å²) in [5.41, 5.74) is 0. The predicted molar refractivity (Wildman–Crippen MR) is 37.4 cm³/mol. The molecule has 1 aromatic rings. The Hall–Kier alpha value is -0.880. The van der Waals surface area contributed by atoms with Crippen molar-refractivity contribution in [1.29, 1.82) is 0 Å². The van der Waals surface area contributed by atoms with Gasteiger partial charge in [0.15, 0.2) is 0 Å². The quantitative estimate of drug-likeness (QED) is 0.610. The molecule has 1 unspecified atom stereocenters. The van der Waals surface area contributed by atoms with Gasteiger partial charge in [0.25, 0.3) is 0 Å². The number of hydrogen-bond donors (Lipinski definition) is 0. The topological polar surface area (TPSA) is 67.2 Å². The van der Waals surface area contributed by atoms with Crippen LogP contribution in [0.5, 0.6) is 5.88 Å². The highest BCUT2D eigenvalue weighted by atomic mass is 32.2. The van der Waals surface area contributed by atoms with Gasteiger partial charge in [-0.05, 0) is 6.92 Å². The summed E-state index contributed by atoms with van der Waals surface area (Å²) in [6, 6.07) is 0. The van der Waals surface area contributed by atoms with Crippen LogP contribution < -0.4 is 4.18 Å². The summed E-state index contributed by atoms with van der Waals surface area (Å²) in [6.07, 6.45) is 3.01. The summed E-state index contributed by atoms with van der Waals surface area (Å²) >= 11 is -2.53. The van der Waals surface area contributed by atoms with Crippen molar-refractivity contribution in [2.24, 2.45) is 0 Å². The second kappa shape index (κ2) is 3.49. The van der Waals surface area contributed by atoms with Gasteiger partial charge in [-0.25, -0.2) is 9.19 Å². The predicted octanol–water partition coefficient (Wildman–Crippen LogP) is 0.0759. The average molecular weight is 175 g/mol. The Morgan fingerprint density at radius 1 is 1.91 bits per heavy atom. The molecule has 6 heteroatoms. The second-order valence-electron chi connectivity index (χ2n) is 1.83. The Kier molecular flexibility index (Phi) is 2.61. The normalized spacial score (nSPS) is 12.9. The van der Waals surface area contributed by atoms with Gasteiger partial charge in [0.05, 0.1) is 12.5 Å². The first-order valence-corrected chi connectivity index (χ1v) is 4.01. The lowest BCUT2D eigenvalue weighted by molar-refractivity contribution is 0.434. The molecule has 1 atom stereocenters. The molecule has 0 aliphatic rings. The molecule has 0 saturated carbocycles. The van der Waals surface area contributed by atoms with E-state index in [1.807, 2.05) is 6.92 Å². The molecule has 1 heterocycles. The molecule has 0 saturated heterocycles.